The summed E-state index contributed by atoms with van der Waals surface area (Å²) in [4.78, 5) is 0. The van der Waals surface area contributed by atoms with Crippen LogP contribution in [0.5, 0.6) is 0 Å². The second kappa shape index (κ2) is 14.1. The maximum atomic E-state index is 5.75. The minimum absolute atomic E-state index is 0.528. The summed E-state index contributed by atoms with van der Waals surface area (Å²) in [6, 6.07) is 0. The van der Waals surface area contributed by atoms with Crippen LogP contribution in [0.15, 0.2) is 24.3 Å². The number of hydrogen-bond acceptors (Lipinski definition) is 1. The molecule has 0 amide bonds. The highest BCUT2D eigenvalue weighted by Crippen LogP contribution is 2.30. The first-order chi connectivity index (χ1) is 10.9. The van der Waals surface area contributed by atoms with Gasteiger partial charge in [-0.05, 0) is 25.7 Å². The fraction of sp³-hybridized carbons (Fsp3) is 0.810. The van der Waals surface area contributed by atoms with E-state index in [4.69, 9.17) is 4.74 Å². The lowest BCUT2D eigenvalue weighted by atomic mass is 10.0. The first-order valence-electron chi connectivity index (χ1n) is 9.84. The Hall–Kier alpha value is -0.560. The molecule has 1 saturated heterocycles. The van der Waals surface area contributed by atoms with E-state index in [2.05, 4.69) is 38.2 Å². The smallest absolute Gasteiger partial charge is 0.0876 e. The summed E-state index contributed by atoms with van der Waals surface area (Å²) in [5.41, 5.74) is 0. The Morgan fingerprint density at radius 3 is 2.00 bits per heavy atom. The standard InChI is InChI=1S/C21H38O/c1-3-5-7-9-11-12-13-15-17-19-21-20(22-21)18-16-14-10-8-6-4-2/h6,8,14,16,20-21H,3-5,7,9-13,15,17-19H2,1-2H3/b8-6-,16-14-/t20-,21-/m1/s1. The van der Waals surface area contributed by atoms with E-state index in [1.54, 1.807) is 0 Å². The maximum Gasteiger partial charge on any atom is 0.0876 e. The third-order valence-corrected chi connectivity index (χ3v) is 4.49. The average molecular weight is 307 g/mol. The molecule has 1 heterocycles. The Morgan fingerprint density at radius 2 is 1.32 bits per heavy atom. The highest BCUT2D eigenvalue weighted by atomic mass is 16.6. The van der Waals surface area contributed by atoms with Gasteiger partial charge in [-0.25, -0.2) is 0 Å². The minimum atomic E-state index is 0.528. The van der Waals surface area contributed by atoms with Gasteiger partial charge in [-0.15, -0.1) is 0 Å². The Labute approximate surface area is 139 Å². The van der Waals surface area contributed by atoms with Gasteiger partial charge in [0, 0.05) is 0 Å². The van der Waals surface area contributed by atoms with E-state index in [9.17, 15) is 0 Å². The summed E-state index contributed by atoms with van der Waals surface area (Å²) in [6.07, 6.45) is 27.5. The predicted molar refractivity (Wildman–Crippen MR) is 98.3 cm³/mol. The number of rotatable bonds is 15. The van der Waals surface area contributed by atoms with Crippen LogP contribution < -0.4 is 0 Å². The molecule has 1 fully saturated rings. The summed E-state index contributed by atoms with van der Waals surface area (Å²) in [7, 11) is 0. The lowest BCUT2D eigenvalue weighted by Crippen LogP contribution is -1.93. The Bertz CT molecular complexity index is 292. The summed E-state index contributed by atoms with van der Waals surface area (Å²) < 4.78 is 5.75. The predicted octanol–water partition coefficient (Wildman–Crippen LogP) is 6.98. The molecule has 0 saturated carbocycles. The number of epoxide rings is 1. The molecule has 0 aromatic heterocycles. The van der Waals surface area contributed by atoms with Crippen LogP contribution in [0.1, 0.15) is 97.3 Å². The molecule has 0 aliphatic carbocycles. The largest absolute Gasteiger partial charge is 0.369 e. The molecule has 1 heteroatoms. The monoisotopic (exact) mass is 306 g/mol. The van der Waals surface area contributed by atoms with Gasteiger partial charge in [0.15, 0.2) is 0 Å². The Balaban J connectivity index is 1.81. The summed E-state index contributed by atoms with van der Waals surface area (Å²) in [5.74, 6) is 0. The fourth-order valence-corrected chi connectivity index (χ4v) is 2.96. The van der Waals surface area contributed by atoms with Crippen LogP contribution in [0, 0.1) is 0 Å². The van der Waals surface area contributed by atoms with Crippen LogP contribution in [0.4, 0.5) is 0 Å². The Kier molecular flexibility index (Phi) is 12.5. The first kappa shape index (κ1) is 19.5. The molecule has 0 aromatic rings. The van der Waals surface area contributed by atoms with E-state index < -0.39 is 0 Å². The molecule has 1 aliphatic rings. The molecule has 0 aromatic carbocycles. The molecular formula is C21H38O. The zero-order valence-corrected chi connectivity index (χ0v) is 15.1. The van der Waals surface area contributed by atoms with Crippen LogP contribution in [-0.4, -0.2) is 12.2 Å². The molecule has 0 spiro atoms. The van der Waals surface area contributed by atoms with Gasteiger partial charge in [0.25, 0.3) is 0 Å². The zero-order chi connectivity index (χ0) is 15.9. The van der Waals surface area contributed by atoms with Crippen molar-refractivity contribution in [2.45, 2.75) is 110 Å². The van der Waals surface area contributed by atoms with Crippen LogP contribution in [-0.2, 0) is 4.74 Å². The van der Waals surface area contributed by atoms with Gasteiger partial charge in [0.1, 0.15) is 0 Å². The highest BCUT2D eigenvalue weighted by molar-refractivity contribution is 4.97. The maximum absolute atomic E-state index is 5.75. The lowest BCUT2D eigenvalue weighted by Gasteiger charge is -2.01. The minimum Gasteiger partial charge on any atom is -0.369 e. The van der Waals surface area contributed by atoms with Gasteiger partial charge in [-0.1, -0.05) is 95.9 Å². The molecule has 1 rings (SSSR count). The first-order valence-corrected chi connectivity index (χ1v) is 9.84. The number of allylic oxidation sites excluding steroid dienone is 3. The average Bonchev–Trinajstić information content (AvgIpc) is 3.27. The van der Waals surface area contributed by atoms with Gasteiger partial charge in [0.05, 0.1) is 12.2 Å². The van der Waals surface area contributed by atoms with Crippen molar-refractivity contribution < 1.29 is 4.74 Å². The third kappa shape index (κ3) is 11.1. The van der Waals surface area contributed by atoms with Gasteiger partial charge in [-0.3, -0.25) is 0 Å². The van der Waals surface area contributed by atoms with Crippen molar-refractivity contribution in [1.82, 2.24) is 0 Å². The number of hydrogen-bond donors (Lipinski definition) is 0. The molecule has 128 valence electrons. The quantitative estimate of drug-likeness (QED) is 0.181. The third-order valence-electron chi connectivity index (χ3n) is 4.49. The summed E-state index contributed by atoms with van der Waals surface area (Å²) >= 11 is 0. The van der Waals surface area contributed by atoms with Gasteiger partial charge in [0.2, 0.25) is 0 Å². The molecule has 0 bridgehead atoms. The van der Waals surface area contributed by atoms with E-state index in [1.165, 1.54) is 64.2 Å². The Morgan fingerprint density at radius 1 is 0.682 bits per heavy atom. The van der Waals surface area contributed by atoms with E-state index in [-0.39, 0.29) is 0 Å². The molecule has 0 radical (unpaired) electrons. The van der Waals surface area contributed by atoms with Crippen molar-refractivity contribution in [2.75, 3.05) is 0 Å². The van der Waals surface area contributed by atoms with E-state index in [1.807, 2.05) is 0 Å². The van der Waals surface area contributed by atoms with Crippen molar-refractivity contribution in [1.29, 1.82) is 0 Å². The summed E-state index contributed by atoms with van der Waals surface area (Å²) in [6.45, 7) is 4.46. The molecular weight excluding hydrogens is 268 g/mol. The van der Waals surface area contributed by atoms with Gasteiger partial charge >= 0.3 is 0 Å². The molecule has 0 N–H and O–H groups in total. The van der Waals surface area contributed by atoms with Crippen molar-refractivity contribution in [2.24, 2.45) is 0 Å². The normalized spacial score (nSPS) is 21.2. The van der Waals surface area contributed by atoms with Crippen molar-refractivity contribution in [3.05, 3.63) is 24.3 Å². The molecule has 1 aliphatic heterocycles. The molecule has 2 atom stereocenters. The van der Waals surface area contributed by atoms with Crippen LogP contribution >= 0.6 is 0 Å². The van der Waals surface area contributed by atoms with Crippen LogP contribution in [0.25, 0.3) is 0 Å². The highest BCUT2D eigenvalue weighted by Gasteiger charge is 2.36. The molecule has 22 heavy (non-hydrogen) atoms. The van der Waals surface area contributed by atoms with Crippen LogP contribution in [0.2, 0.25) is 0 Å². The van der Waals surface area contributed by atoms with Crippen molar-refractivity contribution in [3.8, 4) is 0 Å². The summed E-state index contributed by atoms with van der Waals surface area (Å²) in [5, 5.41) is 0. The second-order valence-corrected chi connectivity index (χ2v) is 6.65. The van der Waals surface area contributed by atoms with Crippen molar-refractivity contribution >= 4 is 0 Å². The van der Waals surface area contributed by atoms with E-state index in [0.717, 1.165) is 19.3 Å². The van der Waals surface area contributed by atoms with E-state index in [0.29, 0.717) is 12.2 Å². The topological polar surface area (TPSA) is 12.5 Å². The van der Waals surface area contributed by atoms with E-state index >= 15 is 0 Å². The van der Waals surface area contributed by atoms with Gasteiger partial charge < -0.3 is 4.74 Å². The molecule has 0 unspecified atom stereocenters. The number of unbranched alkanes of at least 4 members (excludes halogenated alkanes) is 8. The zero-order valence-electron chi connectivity index (χ0n) is 15.1. The number of ether oxygens (including phenoxy) is 1. The SMILES string of the molecule is CC/C=C\C/C=C\C[C@H]1O[C@@H]1CCCCCCCCCCC. The molecule has 1 nitrogen and oxygen atoms in total. The van der Waals surface area contributed by atoms with Crippen LogP contribution in [0.3, 0.4) is 0 Å². The van der Waals surface area contributed by atoms with Crippen molar-refractivity contribution in [3.63, 3.8) is 0 Å². The van der Waals surface area contributed by atoms with Gasteiger partial charge in [-0.2, -0.15) is 0 Å². The second-order valence-electron chi connectivity index (χ2n) is 6.65. The fourth-order valence-electron chi connectivity index (χ4n) is 2.96. The lowest BCUT2D eigenvalue weighted by molar-refractivity contribution is 0.358.